The number of carbonyl (C=O) groups is 2. The van der Waals surface area contributed by atoms with E-state index >= 15 is 0 Å². The molecule has 0 spiro atoms. The first-order valence-electron chi connectivity index (χ1n) is 5.53. The first kappa shape index (κ1) is 10.3. The van der Waals surface area contributed by atoms with Gasteiger partial charge in [0.05, 0.1) is 13.7 Å². The van der Waals surface area contributed by atoms with E-state index < -0.39 is 17.4 Å². The van der Waals surface area contributed by atoms with Crippen molar-refractivity contribution >= 4 is 11.9 Å². The minimum atomic E-state index is -1.07. The summed E-state index contributed by atoms with van der Waals surface area (Å²) < 4.78 is 9.71. The molecule has 2 aliphatic rings. The largest absolute Gasteiger partial charge is 0.468 e. The zero-order valence-electron chi connectivity index (χ0n) is 9.38. The van der Waals surface area contributed by atoms with Gasteiger partial charge in [0.25, 0.3) is 0 Å². The summed E-state index contributed by atoms with van der Waals surface area (Å²) in [6.45, 7) is 0.313. The van der Waals surface area contributed by atoms with E-state index in [1.165, 1.54) is 7.11 Å². The summed E-state index contributed by atoms with van der Waals surface area (Å²) in [5.41, 5.74) is -0.0737. The minimum absolute atomic E-state index is 0.0650. The molecule has 1 aromatic carbocycles. The van der Waals surface area contributed by atoms with E-state index in [0.717, 1.165) is 5.56 Å². The van der Waals surface area contributed by atoms with Gasteiger partial charge < -0.3 is 9.47 Å². The second-order valence-corrected chi connectivity index (χ2v) is 4.45. The number of carbonyl (C=O) groups excluding carboxylic acids is 2. The number of rotatable bonds is 2. The normalized spacial score (nSPS) is 33.8. The average molecular weight is 232 g/mol. The molecule has 0 N–H and O–H groups in total. The summed E-state index contributed by atoms with van der Waals surface area (Å²) in [6.07, 6.45) is 0. The zero-order valence-corrected chi connectivity index (χ0v) is 9.38. The molecule has 4 heteroatoms. The van der Waals surface area contributed by atoms with E-state index in [4.69, 9.17) is 9.47 Å². The van der Waals surface area contributed by atoms with Crippen molar-refractivity contribution in [2.75, 3.05) is 13.7 Å². The standard InChI is InChI=1S/C13H12O4/c1-16-11(14)13-9(7-17-12(13)15)10(13)8-5-3-2-4-6-8/h2-6,9-10H,7H2,1H3/t9-,10-,13-/m0/s1. The van der Waals surface area contributed by atoms with Crippen molar-refractivity contribution in [3.8, 4) is 0 Å². The molecule has 88 valence electrons. The van der Waals surface area contributed by atoms with Crippen LogP contribution in [0.25, 0.3) is 0 Å². The Morgan fingerprint density at radius 2 is 2.12 bits per heavy atom. The topological polar surface area (TPSA) is 52.6 Å². The maximum absolute atomic E-state index is 11.8. The maximum atomic E-state index is 11.8. The minimum Gasteiger partial charge on any atom is -0.468 e. The van der Waals surface area contributed by atoms with Crippen LogP contribution < -0.4 is 0 Å². The average Bonchev–Trinajstić information content (AvgIpc) is 2.95. The number of methoxy groups -OCH3 is 1. The van der Waals surface area contributed by atoms with Gasteiger partial charge in [-0.15, -0.1) is 0 Å². The van der Waals surface area contributed by atoms with Gasteiger partial charge in [0.15, 0.2) is 5.41 Å². The Labute approximate surface area is 98.5 Å². The van der Waals surface area contributed by atoms with E-state index in [2.05, 4.69) is 0 Å². The van der Waals surface area contributed by atoms with Crippen molar-refractivity contribution in [1.82, 2.24) is 0 Å². The molecule has 1 saturated carbocycles. The summed E-state index contributed by atoms with van der Waals surface area (Å²) in [6, 6.07) is 9.58. The third kappa shape index (κ3) is 1.12. The molecule has 0 bridgehead atoms. The van der Waals surface area contributed by atoms with Crippen LogP contribution in [0, 0.1) is 11.3 Å². The smallest absolute Gasteiger partial charge is 0.324 e. The van der Waals surface area contributed by atoms with Crippen LogP contribution in [0.3, 0.4) is 0 Å². The lowest BCUT2D eigenvalue weighted by Crippen LogP contribution is -2.28. The van der Waals surface area contributed by atoms with E-state index in [1.807, 2.05) is 30.3 Å². The first-order chi connectivity index (χ1) is 8.22. The molecule has 0 amide bonds. The van der Waals surface area contributed by atoms with Crippen LogP contribution in [0.1, 0.15) is 11.5 Å². The molecule has 0 radical (unpaired) electrons. The number of benzene rings is 1. The van der Waals surface area contributed by atoms with Crippen LogP contribution in [0.2, 0.25) is 0 Å². The van der Waals surface area contributed by atoms with Crippen molar-refractivity contribution < 1.29 is 19.1 Å². The fourth-order valence-corrected chi connectivity index (χ4v) is 2.94. The summed E-state index contributed by atoms with van der Waals surface area (Å²) >= 11 is 0. The monoisotopic (exact) mass is 232 g/mol. The molecular weight excluding hydrogens is 220 g/mol. The Balaban J connectivity index is 2.01. The quantitative estimate of drug-likeness (QED) is 0.566. The molecule has 3 atom stereocenters. The predicted octanol–water partition coefficient (Wildman–Crippen LogP) is 1.12. The van der Waals surface area contributed by atoms with Crippen LogP contribution in [0.4, 0.5) is 0 Å². The predicted molar refractivity (Wildman–Crippen MR) is 58.1 cm³/mol. The van der Waals surface area contributed by atoms with Gasteiger partial charge in [0.1, 0.15) is 0 Å². The third-order valence-electron chi connectivity index (χ3n) is 3.78. The second-order valence-electron chi connectivity index (χ2n) is 4.45. The summed E-state index contributed by atoms with van der Waals surface area (Å²) in [7, 11) is 1.31. The lowest BCUT2D eigenvalue weighted by Gasteiger charge is -2.11. The molecule has 1 aliphatic carbocycles. The molecule has 1 heterocycles. The Bertz CT molecular complexity index is 481. The summed E-state index contributed by atoms with van der Waals surface area (Å²) in [5, 5.41) is 0. The number of esters is 2. The van der Waals surface area contributed by atoms with Gasteiger partial charge in [0, 0.05) is 11.8 Å². The number of hydrogen-bond acceptors (Lipinski definition) is 4. The van der Waals surface area contributed by atoms with E-state index in [0.29, 0.717) is 6.61 Å². The van der Waals surface area contributed by atoms with Gasteiger partial charge in [-0.25, -0.2) is 0 Å². The second kappa shape index (κ2) is 3.32. The number of fused-ring (bicyclic) bond motifs is 1. The summed E-state index contributed by atoms with van der Waals surface area (Å²) in [5.74, 6) is -1.07. The first-order valence-corrected chi connectivity index (χ1v) is 5.53. The van der Waals surface area contributed by atoms with Gasteiger partial charge in [0.2, 0.25) is 0 Å². The highest BCUT2D eigenvalue weighted by atomic mass is 16.6. The SMILES string of the molecule is COC(=O)[C@]12C(=O)OC[C@H]1[C@@H]2c1ccccc1. The van der Waals surface area contributed by atoms with Gasteiger partial charge in [-0.1, -0.05) is 30.3 Å². The fraction of sp³-hybridized carbons (Fsp3) is 0.385. The Morgan fingerprint density at radius 3 is 2.76 bits per heavy atom. The summed E-state index contributed by atoms with van der Waals surface area (Å²) in [4.78, 5) is 23.6. The highest BCUT2D eigenvalue weighted by Crippen LogP contribution is 2.69. The Kier molecular flexibility index (Phi) is 2.02. The van der Waals surface area contributed by atoms with E-state index in [9.17, 15) is 9.59 Å². The molecule has 4 nitrogen and oxygen atoms in total. The van der Waals surface area contributed by atoms with Crippen molar-refractivity contribution in [3.05, 3.63) is 35.9 Å². The molecule has 1 aromatic rings. The molecule has 17 heavy (non-hydrogen) atoms. The van der Waals surface area contributed by atoms with Crippen molar-refractivity contribution in [2.24, 2.45) is 11.3 Å². The maximum Gasteiger partial charge on any atom is 0.324 e. The Hall–Kier alpha value is -1.84. The zero-order chi connectivity index (χ0) is 12.0. The van der Waals surface area contributed by atoms with Crippen LogP contribution in [0.15, 0.2) is 30.3 Å². The number of hydrogen-bond donors (Lipinski definition) is 0. The van der Waals surface area contributed by atoms with Gasteiger partial charge in [-0.3, -0.25) is 9.59 Å². The van der Waals surface area contributed by atoms with Crippen LogP contribution in [0.5, 0.6) is 0 Å². The number of cyclic esters (lactones) is 1. The van der Waals surface area contributed by atoms with Crippen molar-refractivity contribution in [3.63, 3.8) is 0 Å². The van der Waals surface area contributed by atoms with Gasteiger partial charge >= 0.3 is 11.9 Å². The molecule has 1 aliphatic heterocycles. The highest BCUT2D eigenvalue weighted by Gasteiger charge is 2.80. The molecule has 2 fully saturated rings. The van der Waals surface area contributed by atoms with Gasteiger partial charge in [-0.2, -0.15) is 0 Å². The van der Waals surface area contributed by atoms with Gasteiger partial charge in [-0.05, 0) is 5.56 Å². The molecule has 0 unspecified atom stereocenters. The van der Waals surface area contributed by atoms with Crippen LogP contribution >= 0.6 is 0 Å². The van der Waals surface area contributed by atoms with E-state index in [1.54, 1.807) is 0 Å². The van der Waals surface area contributed by atoms with Crippen LogP contribution in [-0.4, -0.2) is 25.7 Å². The Morgan fingerprint density at radius 1 is 1.41 bits per heavy atom. The highest BCUT2D eigenvalue weighted by molar-refractivity contribution is 6.07. The third-order valence-corrected chi connectivity index (χ3v) is 3.78. The van der Waals surface area contributed by atoms with Crippen molar-refractivity contribution in [1.29, 1.82) is 0 Å². The number of ether oxygens (including phenoxy) is 2. The van der Waals surface area contributed by atoms with E-state index in [-0.39, 0.29) is 11.8 Å². The molecule has 0 aromatic heterocycles. The lowest BCUT2D eigenvalue weighted by molar-refractivity contribution is -0.158. The van der Waals surface area contributed by atoms with Crippen LogP contribution in [-0.2, 0) is 19.1 Å². The van der Waals surface area contributed by atoms with Crippen molar-refractivity contribution in [2.45, 2.75) is 5.92 Å². The fourth-order valence-electron chi connectivity index (χ4n) is 2.94. The molecule has 1 saturated heterocycles. The molecular formula is C13H12O4. The lowest BCUT2D eigenvalue weighted by atomic mass is 9.99. The molecule has 3 rings (SSSR count).